The van der Waals surface area contributed by atoms with Crippen LogP contribution in [0.2, 0.25) is 0 Å². The normalized spacial score (nSPS) is 11.6. The number of aromatic nitrogens is 4. The van der Waals surface area contributed by atoms with Gasteiger partial charge in [0.05, 0.1) is 16.9 Å². The monoisotopic (exact) mass is 449 g/mol. The number of pyridine rings is 1. The van der Waals surface area contributed by atoms with Gasteiger partial charge in [-0.1, -0.05) is 24.3 Å². The highest BCUT2D eigenvalue weighted by Crippen LogP contribution is 2.36. The van der Waals surface area contributed by atoms with Crippen molar-refractivity contribution in [1.29, 1.82) is 0 Å². The van der Waals surface area contributed by atoms with Crippen LogP contribution < -0.4 is 5.32 Å². The number of nitrogens with zero attached hydrogens (tertiary/aromatic N) is 2. The zero-order valence-corrected chi connectivity index (χ0v) is 19.2. The second-order valence-corrected chi connectivity index (χ2v) is 9.47. The molecule has 4 aromatic heterocycles. The van der Waals surface area contributed by atoms with Crippen molar-refractivity contribution in [3.8, 4) is 33.0 Å². The van der Waals surface area contributed by atoms with E-state index in [1.807, 2.05) is 12.4 Å². The van der Waals surface area contributed by atoms with Gasteiger partial charge in [-0.15, -0.1) is 11.3 Å². The molecule has 0 amide bonds. The van der Waals surface area contributed by atoms with Crippen molar-refractivity contribution in [1.82, 2.24) is 20.2 Å². The van der Waals surface area contributed by atoms with Crippen LogP contribution in [0.3, 0.4) is 0 Å². The second kappa shape index (κ2) is 7.90. The van der Waals surface area contributed by atoms with E-state index in [1.54, 1.807) is 11.3 Å². The fraction of sp³-hybridized carbons (Fsp3) is 0.111. The molecule has 0 aliphatic heterocycles. The first-order valence-corrected chi connectivity index (χ1v) is 11.9. The number of thiophene rings is 1. The van der Waals surface area contributed by atoms with Gasteiger partial charge in [-0.3, -0.25) is 10.1 Å². The SMILES string of the molecule is CC(C)Nc1cncc(-c2ccc3[nH]nc(-c4cc5c(-c6cccs6)cccc5[nH]4)c3c2)c1. The number of anilines is 1. The number of nitrogens with one attached hydrogen (secondary N) is 3. The number of rotatable bonds is 5. The van der Waals surface area contributed by atoms with Crippen LogP contribution in [0, 0.1) is 0 Å². The predicted molar refractivity (Wildman–Crippen MR) is 139 cm³/mol. The van der Waals surface area contributed by atoms with E-state index in [2.05, 4.69) is 105 Å². The molecule has 0 spiro atoms. The zero-order valence-electron chi connectivity index (χ0n) is 18.4. The smallest absolute Gasteiger partial charge is 0.116 e. The number of aromatic amines is 2. The van der Waals surface area contributed by atoms with E-state index in [9.17, 15) is 0 Å². The summed E-state index contributed by atoms with van der Waals surface area (Å²) >= 11 is 1.76. The van der Waals surface area contributed by atoms with Crippen molar-refractivity contribution in [2.75, 3.05) is 5.32 Å². The maximum absolute atomic E-state index is 4.66. The second-order valence-electron chi connectivity index (χ2n) is 8.52. The molecule has 0 unspecified atom stereocenters. The van der Waals surface area contributed by atoms with Gasteiger partial charge in [0, 0.05) is 50.7 Å². The Hall–Kier alpha value is -3.90. The van der Waals surface area contributed by atoms with E-state index in [4.69, 9.17) is 0 Å². The van der Waals surface area contributed by atoms with Crippen molar-refractivity contribution >= 4 is 38.8 Å². The maximum Gasteiger partial charge on any atom is 0.116 e. The molecule has 0 saturated heterocycles. The Morgan fingerprint density at radius 1 is 0.879 bits per heavy atom. The summed E-state index contributed by atoms with van der Waals surface area (Å²) in [4.78, 5) is 9.28. The van der Waals surface area contributed by atoms with Crippen molar-refractivity contribution in [3.63, 3.8) is 0 Å². The summed E-state index contributed by atoms with van der Waals surface area (Å²) in [5, 5.41) is 15.7. The molecular formula is C27H23N5S. The predicted octanol–water partition coefficient (Wildman–Crippen LogP) is 7.32. The van der Waals surface area contributed by atoms with Gasteiger partial charge in [-0.2, -0.15) is 5.10 Å². The molecule has 0 aliphatic rings. The third-order valence-electron chi connectivity index (χ3n) is 5.80. The zero-order chi connectivity index (χ0) is 22.4. The Morgan fingerprint density at radius 3 is 2.67 bits per heavy atom. The minimum atomic E-state index is 0.353. The van der Waals surface area contributed by atoms with E-state index in [-0.39, 0.29) is 0 Å². The molecule has 0 fully saturated rings. The number of H-pyrrole nitrogens is 2. The summed E-state index contributed by atoms with van der Waals surface area (Å²) in [5.41, 5.74) is 8.50. The lowest BCUT2D eigenvalue weighted by atomic mass is 10.0. The van der Waals surface area contributed by atoms with Crippen LogP contribution in [0.5, 0.6) is 0 Å². The molecule has 0 bridgehead atoms. The molecule has 5 nitrogen and oxygen atoms in total. The van der Waals surface area contributed by atoms with Crippen LogP contribution in [-0.2, 0) is 0 Å². The molecule has 4 heterocycles. The first-order chi connectivity index (χ1) is 16.2. The quantitative estimate of drug-likeness (QED) is 0.258. The fourth-order valence-corrected chi connectivity index (χ4v) is 5.10. The minimum absolute atomic E-state index is 0.353. The summed E-state index contributed by atoms with van der Waals surface area (Å²) in [6.45, 7) is 4.25. The molecule has 6 heteroatoms. The highest BCUT2D eigenvalue weighted by Gasteiger charge is 2.14. The van der Waals surface area contributed by atoms with Crippen LogP contribution >= 0.6 is 11.3 Å². The molecule has 0 aliphatic carbocycles. The highest BCUT2D eigenvalue weighted by molar-refractivity contribution is 7.13. The van der Waals surface area contributed by atoms with Gasteiger partial charge in [-0.25, -0.2) is 0 Å². The van der Waals surface area contributed by atoms with Crippen molar-refractivity contribution in [2.24, 2.45) is 0 Å². The van der Waals surface area contributed by atoms with Crippen LogP contribution in [0.25, 0.3) is 54.8 Å². The standard InChI is InChI=1S/C27H23N5S/c1-16(2)29-19-11-18(14-28-15-19)17-8-9-24-22(12-17)27(32-31-24)25-13-21-20(26-7-4-10-33-26)5-3-6-23(21)30-25/h3-16,29-30H,1-2H3,(H,31,32). The lowest BCUT2D eigenvalue weighted by Crippen LogP contribution is -2.09. The van der Waals surface area contributed by atoms with Gasteiger partial charge in [0.1, 0.15) is 5.69 Å². The van der Waals surface area contributed by atoms with Gasteiger partial charge in [0.25, 0.3) is 0 Å². The molecule has 3 N–H and O–H groups in total. The lowest BCUT2D eigenvalue weighted by Gasteiger charge is -2.11. The average molecular weight is 450 g/mol. The molecule has 162 valence electrons. The summed E-state index contributed by atoms with van der Waals surface area (Å²) < 4.78 is 0. The average Bonchev–Trinajstić information content (AvgIpc) is 3.57. The summed E-state index contributed by atoms with van der Waals surface area (Å²) in [7, 11) is 0. The van der Waals surface area contributed by atoms with Crippen molar-refractivity contribution < 1.29 is 0 Å². The topological polar surface area (TPSA) is 69.4 Å². The van der Waals surface area contributed by atoms with Gasteiger partial charge in [0.15, 0.2) is 0 Å². The minimum Gasteiger partial charge on any atom is -0.382 e. The van der Waals surface area contributed by atoms with Gasteiger partial charge in [-0.05, 0) is 61.2 Å². The molecule has 6 rings (SSSR count). The Balaban J connectivity index is 1.45. The molecule has 2 aromatic carbocycles. The molecule has 33 heavy (non-hydrogen) atoms. The van der Waals surface area contributed by atoms with E-state index in [0.29, 0.717) is 6.04 Å². The van der Waals surface area contributed by atoms with Gasteiger partial charge >= 0.3 is 0 Å². The Bertz CT molecular complexity index is 1570. The van der Waals surface area contributed by atoms with E-state index in [1.165, 1.54) is 15.8 Å². The van der Waals surface area contributed by atoms with Crippen molar-refractivity contribution in [2.45, 2.75) is 19.9 Å². The number of hydrogen-bond acceptors (Lipinski definition) is 4. The highest BCUT2D eigenvalue weighted by atomic mass is 32.1. The van der Waals surface area contributed by atoms with Crippen molar-refractivity contribution in [3.05, 3.63) is 78.4 Å². The molecular weight excluding hydrogens is 426 g/mol. The van der Waals surface area contributed by atoms with E-state index in [0.717, 1.165) is 44.6 Å². The van der Waals surface area contributed by atoms with Gasteiger partial charge in [0.2, 0.25) is 0 Å². The third kappa shape index (κ3) is 3.58. The first-order valence-electron chi connectivity index (χ1n) is 11.0. The molecule has 6 aromatic rings. The number of fused-ring (bicyclic) bond motifs is 2. The summed E-state index contributed by atoms with van der Waals surface area (Å²) in [5.74, 6) is 0. The van der Waals surface area contributed by atoms with Crippen LogP contribution in [-0.4, -0.2) is 26.2 Å². The van der Waals surface area contributed by atoms with Gasteiger partial charge < -0.3 is 10.3 Å². The Labute approximate surface area is 195 Å². The maximum atomic E-state index is 4.66. The van der Waals surface area contributed by atoms with Crippen LogP contribution in [0.4, 0.5) is 5.69 Å². The van der Waals surface area contributed by atoms with Crippen LogP contribution in [0.15, 0.2) is 78.4 Å². The Morgan fingerprint density at radius 2 is 1.82 bits per heavy atom. The molecule has 0 radical (unpaired) electrons. The Kier molecular flexibility index (Phi) is 4.73. The van der Waals surface area contributed by atoms with Crippen LogP contribution in [0.1, 0.15) is 13.8 Å². The lowest BCUT2D eigenvalue weighted by molar-refractivity contribution is 0.898. The number of benzene rings is 2. The summed E-state index contributed by atoms with van der Waals surface area (Å²) in [6.07, 6.45) is 3.77. The van der Waals surface area contributed by atoms with E-state index >= 15 is 0 Å². The fourth-order valence-electron chi connectivity index (χ4n) is 4.34. The number of hydrogen-bond donors (Lipinski definition) is 3. The first kappa shape index (κ1) is 19.8. The van der Waals surface area contributed by atoms with E-state index < -0.39 is 0 Å². The molecule has 0 saturated carbocycles. The largest absolute Gasteiger partial charge is 0.382 e. The molecule has 0 atom stereocenters. The summed E-state index contributed by atoms with van der Waals surface area (Å²) in [6, 6.07) is 21.8. The third-order valence-corrected chi connectivity index (χ3v) is 6.70.